The average Bonchev–Trinajstić information content (AvgIpc) is 2.80. The molecule has 108 valence electrons. The van der Waals surface area contributed by atoms with Crippen LogP contribution in [0.3, 0.4) is 0 Å². The molecule has 0 spiro atoms. The van der Waals surface area contributed by atoms with Gasteiger partial charge in [-0.05, 0) is 13.3 Å². The molecule has 0 radical (unpaired) electrons. The zero-order valence-electron chi connectivity index (χ0n) is 12.0. The molecule has 0 amide bonds. The van der Waals surface area contributed by atoms with E-state index in [-0.39, 0.29) is 16.7 Å². The number of sulfone groups is 1. The van der Waals surface area contributed by atoms with Gasteiger partial charge in [0.1, 0.15) is 0 Å². The molecule has 1 aliphatic rings. The monoisotopic (exact) mass is 302 g/mol. The molecule has 1 atom stereocenters. The van der Waals surface area contributed by atoms with Gasteiger partial charge in [-0.25, -0.2) is 13.4 Å². The van der Waals surface area contributed by atoms with Crippen molar-refractivity contribution in [1.29, 1.82) is 0 Å². The molecule has 1 unspecified atom stereocenters. The third kappa shape index (κ3) is 3.77. The van der Waals surface area contributed by atoms with Gasteiger partial charge in [0.25, 0.3) is 0 Å². The molecule has 0 bridgehead atoms. The van der Waals surface area contributed by atoms with Gasteiger partial charge < -0.3 is 5.32 Å². The Morgan fingerprint density at radius 2 is 2.16 bits per heavy atom. The maximum absolute atomic E-state index is 11.5. The normalized spacial score (nSPS) is 26.7. The van der Waals surface area contributed by atoms with Crippen molar-refractivity contribution < 1.29 is 8.42 Å². The quantitative estimate of drug-likeness (QED) is 0.929. The van der Waals surface area contributed by atoms with E-state index in [1.165, 1.54) is 0 Å². The molecule has 6 heteroatoms. The molecule has 1 aromatic heterocycles. The van der Waals surface area contributed by atoms with E-state index in [0.29, 0.717) is 18.7 Å². The first-order chi connectivity index (χ1) is 8.60. The van der Waals surface area contributed by atoms with Crippen LogP contribution >= 0.6 is 11.3 Å². The summed E-state index contributed by atoms with van der Waals surface area (Å²) in [6.07, 6.45) is 2.59. The van der Waals surface area contributed by atoms with Crippen LogP contribution in [-0.2, 0) is 21.8 Å². The molecule has 1 aromatic rings. The number of aromatic nitrogens is 1. The Labute approximate surface area is 119 Å². The lowest BCUT2D eigenvalue weighted by Gasteiger charge is -2.23. The third-order valence-electron chi connectivity index (χ3n) is 3.39. The average molecular weight is 302 g/mol. The molecule has 2 heterocycles. The number of rotatable bonds is 3. The minimum atomic E-state index is -2.85. The molecular formula is C13H22N2O2S2. The number of hydrogen-bond acceptors (Lipinski definition) is 5. The van der Waals surface area contributed by atoms with E-state index in [1.807, 2.05) is 13.1 Å². The van der Waals surface area contributed by atoms with Gasteiger partial charge in [0.05, 0.1) is 16.5 Å². The van der Waals surface area contributed by atoms with Crippen molar-refractivity contribution in [2.75, 3.05) is 11.5 Å². The molecule has 2 rings (SSSR count). The Hall–Kier alpha value is -0.460. The van der Waals surface area contributed by atoms with Gasteiger partial charge >= 0.3 is 0 Å². The lowest BCUT2D eigenvalue weighted by atomic mass is 9.98. The highest BCUT2D eigenvalue weighted by Gasteiger charge is 2.37. The van der Waals surface area contributed by atoms with Gasteiger partial charge in [0.2, 0.25) is 0 Å². The number of nitrogens with one attached hydrogen (secondary N) is 1. The molecule has 0 aliphatic carbocycles. The summed E-state index contributed by atoms with van der Waals surface area (Å²) in [5.41, 5.74) is -0.214. The molecule has 4 nitrogen and oxygen atoms in total. The van der Waals surface area contributed by atoms with Crippen LogP contribution < -0.4 is 5.32 Å². The summed E-state index contributed by atoms with van der Waals surface area (Å²) in [4.78, 5) is 5.61. The molecule has 1 N–H and O–H groups in total. The summed E-state index contributed by atoms with van der Waals surface area (Å²) in [5.74, 6) is 0.539. The van der Waals surface area contributed by atoms with Crippen LogP contribution in [-0.4, -0.2) is 30.4 Å². The minimum absolute atomic E-state index is 0.0729. The molecule has 0 aromatic carbocycles. The second kappa shape index (κ2) is 4.82. The Morgan fingerprint density at radius 3 is 2.63 bits per heavy atom. The summed E-state index contributed by atoms with van der Waals surface area (Å²) in [7, 11) is -2.85. The van der Waals surface area contributed by atoms with Gasteiger partial charge in [-0.3, -0.25) is 0 Å². The van der Waals surface area contributed by atoms with Crippen LogP contribution in [0.5, 0.6) is 0 Å². The third-order valence-corrected chi connectivity index (χ3v) is 6.71. The fraction of sp³-hybridized carbons (Fsp3) is 0.769. The van der Waals surface area contributed by atoms with E-state index < -0.39 is 9.84 Å². The van der Waals surface area contributed by atoms with Gasteiger partial charge in [0, 0.05) is 28.6 Å². The standard InChI is InChI=1S/C13H22N2O2S2/c1-12(2,3)11-14-7-10(18-11)8-15-13(4)5-6-19(16,17)9-13/h7,15H,5-6,8-9H2,1-4H3. The molecule has 1 aliphatic heterocycles. The van der Waals surface area contributed by atoms with Crippen LogP contribution in [0.25, 0.3) is 0 Å². The second-order valence-electron chi connectivity index (χ2n) is 6.64. The molecule has 1 saturated heterocycles. The lowest BCUT2D eigenvalue weighted by molar-refractivity contribution is 0.397. The molecule has 1 fully saturated rings. The lowest BCUT2D eigenvalue weighted by Crippen LogP contribution is -2.42. The van der Waals surface area contributed by atoms with Gasteiger partial charge in [-0.15, -0.1) is 11.3 Å². The van der Waals surface area contributed by atoms with Crippen LogP contribution in [0.1, 0.15) is 44.0 Å². The molecular weight excluding hydrogens is 280 g/mol. The predicted octanol–water partition coefficient (Wildman–Crippen LogP) is 2.11. The first kappa shape index (κ1) is 14.9. The Morgan fingerprint density at radius 1 is 1.47 bits per heavy atom. The van der Waals surface area contributed by atoms with Crippen LogP contribution in [0.4, 0.5) is 0 Å². The van der Waals surface area contributed by atoms with Crippen LogP contribution in [0.15, 0.2) is 6.20 Å². The SMILES string of the molecule is CC1(NCc2cnc(C(C)(C)C)s2)CCS(=O)(=O)C1. The fourth-order valence-electron chi connectivity index (χ4n) is 2.19. The summed E-state index contributed by atoms with van der Waals surface area (Å²) in [6, 6.07) is 0. The van der Waals surface area contributed by atoms with Gasteiger partial charge in [-0.2, -0.15) is 0 Å². The number of hydrogen-bond donors (Lipinski definition) is 1. The van der Waals surface area contributed by atoms with E-state index in [1.54, 1.807) is 11.3 Å². The zero-order chi connectivity index (χ0) is 14.3. The van der Waals surface area contributed by atoms with Crippen molar-refractivity contribution in [3.8, 4) is 0 Å². The maximum Gasteiger partial charge on any atom is 0.152 e. The molecule has 0 saturated carbocycles. The van der Waals surface area contributed by atoms with Crippen molar-refractivity contribution in [3.63, 3.8) is 0 Å². The first-order valence-electron chi connectivity index (χ1n) is 6.50. The summed E-state index contributed by atoms with van der Waals surface area (Å²) >= 11 is 1.70. The number of nitrogens with zero attached hydrogens (tertiary/aromatic N) is 1. The topological polar surface area (TPSA) is 59.1 Å². The highest BCUT2D eigenvalue weighted by Crippen LogP contribution is 2.28. The summed E-state index contributed by atoms with van der Waals surface area (Å²) in [6.45, 7) is 9.12. The van der Waals surface area contributed by atoms with E-state index >= 15 is 0 Å². The van der Waals surface area contributed by atoms with Crippen molar-refractivity contribution in [1.82, 2.24) is 10.3 Å². The van der Waals surface area contributed by atoms with Gasteiger partial charge in [-0.1, -0.05) is 20.8 Å². The van der Waals surface area contributed by atoms with Crippen LogP contribution in [0, 0.1) is 0 Å². The summed E-state index contributed by atoms with van der Waals surface area (Å²) < 4.78 is 23.1. The maximum atomic E-state index is 11.5. The van der Waals surface area contributed by atoms with E-state index in [4.69, 9.17) is 0 Å². The van der Waals surface area contributed by atoms with E-state index in [2.05, 4.69) is 31.1 Å². The largest absolute Gasteiger partial charge is 0.306 e. The van der Waals surface area contributed by atoms with Crippen molar-refractivity contribution in [3.05, 3.63) is 16.1 Å². The predicted molar refractivity (Wildman–Crippen MR) is 79.3 cm³/mol. The Balaban J connectivity index is 1.98. The zero-order valence-corrected chi connectivity index (χ0v) is 13.6. The van der Waals surface area contributed by atoms with Crippen molar-refractivity contribution in [2.24, 2.45) is 0 Å². The first-order valence-corrected chi connectivity index (χ1v) is 9.14. The Kier molecular flexibility index (Phi) is 3.79. The highest BCUT2D eigenvalue weighted by molar-refractivity contribution is 7.91. The fourth-order valence-corrected chi connectivity index (χ4v) is 5.22. The van der Waals surface area contributed by atoms with Crippen molar-refractivity contribution >= 4 is 21.2 Å². The Bertz CT molecular complexity index is 557. The van der Waals surface area contributed by atoms with E-state index in [0.717, 1.165) is 9.88 Å². The second-order valence-corrected chi connectivity index (χ2v) is 9.94. The van der Waals surface area contributed by atoms with Crippen LogP contribution in [0.2, 0.25) is 0 Å². The van der Waals surface area contributed by atoms with Gasteiger partial charge in [0.15, 0.2) is 9.84 Å². The van der Waals surface area contributed by atoms with E-state index in [9.17, 15) is 8.42 Å². The molecule has 19 heavy (non-hydrogen) atoms. The summed E-state index contributed by atoms with van der Waals surface area (Å²) in [5, 5.41) is 4.50. The number of thiazole rings is 1. The highest BCUT2D eigenvalue weighted by atomic mass is 32.2. The van der Waals surface area contributed by atoms with Crippen molar-refractivity contribution in [2.45, 2.75) is 51.6 Å². The minimum Gasteiger partial charge on any atom is -0.306 e. The smallest absolute Gasteiger partial charge is 0.152 e.